The van der Waals surface area contributed by atoms with Crippen LogP contribution in [-0.2, 0) is 17.8 Å². The minimum absolute atomic E-state index is 0.308. The summed E-state index contributed by atoms with van der Waals surface area (Å²) in [6, 6.07) is 4.11. The number of hydrogen-bond donors (Lipinski definition) is 0. The molecule has 0 N–H and O–H groups in total. The van der Waals surface area contributed by atoms with Crippen LogP contribution < -0.4 is 9.47 Å². The van der Waals surface area contributed by atoms with Crippen molar-refractivity contribution in [3.8, 4) is 11.5 Å². The molecular formula is C11H12O3. The quantitative estimate of drug-likeness (QED) is 0.628. The van der Waals surface area contributed by atoms with Crippen molar-refractivity contribution in [3.63, 3.8) is 0 Å². The van der Waals surface area contributed by atoms with E-state index in [2.05, 4.69) is 13.0 Å². The van der Waals surface area contributed by atoms with Crippen LogP contribution in [0.2, 0.25) is 0 Å². The SMILES string of the molecule is CC1Cc2cc3c(cc2CO1)OCO3. The van der Waals surface area contributed by atoms with Gasteiger partial charge in [0.2, 0.25) is 6.79 Å². The molecular weight excluding hydrogens is 180 g/mol. The zero-order valence-corrected chi connectivity index (χ0v) is 8.08. The van der Waals surface area contributed by atoms with Crippen molar-refractivity contribution in [2.75, 3.05) is 6.79 Å². The number of benzene rings is 1. The molecule has 1 unspecified atom stereocenters. The van der Waals surface area contributed by atoms with Crippen LogP contribution in [0.15, 0.2) is 12.1 Å². The highest BCUT2D eigenvalue weighted by Crippen LogP contribution is 2.36. The lowest BCUT2D eigenvalue weighted by atomic mass is 9.99. The van der Waals surface area contributed by atoms with Gasteiger partial charge in [-0.1, -0.05) is 0 Å². The number of fused-ring (bicyclic) bond motifs is 2. The molecule has 3 heteroatoms. The lowest BCUT2D eigenvalue weighted by Gasteiger charge is -2.22. The maximum atomic E-state index is 5.57. The molecule has 2 aliphatic heterocycles. The zero-order chi connectivity index (χ0) is 9.54. The minimum atomic E-state index is 0.308. The Kier molecular flexibility index (Phi) is 1.67. The lowest BCUT2D eigenvalue weighted by molar-refractivity contribution is 0.0409. The molecule has 0 aromatic heterocycles. The molecule has 0 saturated heterocycles. The standard InChI is InChI=1S/C11H12O3/c1-7-2-8-3-10-11(14-6-13-10)4-9(8)5-12-7/h3-4,7H,2,5-6H2,1H3. The molecule has 0 bridgehead atoms. The first-order chi connectivity index (χ1) is 6.83. The monoisotopic (exact) mass is 192 g/mol. The van der Waals surface area contributed by atoms with E-state index >= 15 is 0 Å². The van der Waals surface area contributed by atoms with Crippen LogP contribution in [0.3, 0.4) is 0 Å². The third-order valence-electron chi connectivity index (χ3n) is 2.73. The molecule has 1 atom stereocenters. The maximum absolute atomic E-state index is 5.57. The van der Waals surface area contributed by atoms with Crippen LogP contribution in [-0.4, -0.2) is 12.9 Å². The van der Waals surface area contributed by atoms with Gasteiger partial charge in [-0.15, -0.1) is 0 Å². The number of hydrogen-bond acceptors (Lipinski definition) is 3. The molecule has 0 fully saturated rings. The molecule has 3 nitrogen and oxygen atoms in total. The van der Waals surface area contributed by atoms with Gasteiger partial charge in [-0.05, 0) is 36.6 Å². The first kappa shape index (κ1) is 8.12. The average Bonchev–Trinajstić information content (AvgIpc) is 2.61. The lowest BCUT2D eigenvalue weighted by Crippen LogP contribution is -2.18. The van der Waals surface area contributed by atoms with Gasteiger partial charge in [-0.3, -0.25) is 0 Å². The molecule has 0 spiro atoms. The summed E-state index contributed by atoms with van der Waals surface area (Å²) in [6.07, 6.45) is 1.27. The Labute approximate surface area is 82.6 Å². The smallest absolute Gasteiger partial charge is 0.231 e. The fourth-order valence-corrected chi connectivity index (χ4v) is 1.95. The van der Waals surface area contributed by atoms with Gasteiger partial charge in [0.25, 0.3) is 0 Å². The number of rotatable bonds is 0. The summed E-state index contributed by atoms with van der Waals surface area (Å²) in [4.78, 5) is 0. The molecule has 0 aliphatic carbocycles. The molecule has 3 rings (SSSR count). The molecule has 74 valence electrons. The van der Waals surface area contributed by atoms with E-state index in [1.54, 1.807) is 0 Å². The van der Waals surface area contributed by atoms with Gasteiger partial charge in [-0.25, -0.2) is 0 Å². The Bertz CT molecular complexity index is 373. The minimum Gasteiger partial charge on any atom is -0.454 e. The topological polar surface area (TPSA) is 27.7 Å². The first-order valence-corrected chi connectivity index (χ1v) is 4.86. The van der Waals surface area contributed by atoms with Crippen LogP contribution in [0.1, 0.15) is 18.1 Å². The van der Waals surface area contributed by atoms with Crippen LogP contribution >= 0.6 is 0 Å². The zero-order valence-electron chi connectivity index (χ0n) is 8.08. The average molecular weight is 192 g/mol. The summed E-state index contributed by atoms with van der Waals surface area (Å²) in [7, 11) is 0. The van der Waals surface area contributed by atoms with Crippen molar-refractivity contribution in [2.24, 2.45) is 0 Å². The Morgan fingerprint density at radius 3 is 2.64 bits per heavy atom. The van der Waals surface area contributed by atoms with E-state index in [1.807, 2.05) is 6.07 Å². The van der Waals surface area contributed by atoms with Gasteiger partial charge in [0.1, 0.15) is 0 Å². The predicted molar refractivity (Wildman–Crippen MR) is 50.5 cm³/mol. The van der Waals surface area contributed by atoms with E-state index < -0.39 is 0 Å². The van der Waals surface area contributed by atoms with Gasteiger partial charge in [0.05, 0.1) is 12.7 Å². The summed E-state index contributed by atoms with van der Waals surface area (Å²) < 4.78 is 16.2. The van der Waals surface area contributed by atoms with E-state index in [0.717, 1.165) is 17.9 Å². The van der Waals surface area contributed by atoms with Crippen LogP contribution in [0.25, 0.3) is 0 Å². The van der Waals surface area contributed by atoms with Crippen molar-refractivity contribution in [1.29, 1.82) is 0 Å². The Morgan fingerprint density at radius 2 is 1.86 bits per heavy atom. The molecule has 0 radical (unpaired) electrons. The Balaban J connectivity index is 2.06. The van der Waals surface area contributed by atoms with E-state index in [1.165, 1.54) is 11.1 Å². The third-order valence-corrected chi connectivity index (χ3v) is 2.73. The summed E-state index contributed by atoms with van der Waals surface area (Å²) in [6.45, 7) is 3.12. The van der Waals surface area contributed by atoms with E-state index in [0.29, 0.717) is 19.5 Å². The molecule has 1 aromatic rings. The van der Waals surface area contributed by atoms with Crippen molar-refractivity contribution in [2.45, 2.75) is 26.1 Å². The summed E-state index contributed by atoms with van der Waals surface area (Å²) in [5.74, 6) is 1.72. The van der Waals surface area contributed by atoms with Crippen LogP contribution in [0.4, 0.5) is 0 Å². The molecule has 0 amide bonds. The second-order valence-corrected chi connectivity index (χ2v) is 3.80. The summed E-state index contributed by atoms with van der Waals surface area (Å²) in [5.41, 5.74) is 2.56. The van der Waals surface area contributed by atoms with Crippen LogP contribution in [0, 0.1) is 0 Å². The normalized spacial score (nSPS) is 23.4. The summed E-state index contributed by atoms with van der Waals surface area (Å²) >= 11 is 0. The van der Waals surface area contributed by atoms with E-state index in [9.17, 15) is 0 Å². The van der Waals surface area contributed by atoms with Gasteiger partial charge in [0, 0.05) is 0 Å². The van der Waals surface area contributed by atoms with Gasteiger partial charge < -0.3 is 14.2 Å². The van der Waals surface area contributed by atoms with Gasteiger partial charge in [-0.2, -0.15) is 0 Å². The van der Waals surface area contributed by atoms with Crippen molar-refractivity contribution < 1.29 is 14.2 Å². The predicted octanol–water partition coefficient (Wildman–Crippen LogP) is 1.88. The van der Waals surface area contributed by atoms with Crippen molar-refractivity contribution >= 4 is 0 Å². The van der Waals surface area contributed by atoms with Crippen LogP contribution in [0.5, 0.6) is 11.5 Å². The fourth-order valence-electron chi connectivity index (χ4n) is 1.95. The third kappa shape index (κ3) is 1.16. The second kappa shape index (κ2) is 2.89. The molecule has 0 saturated carbocycles. The highest BCUT2D eigenvalue weighted by atomic mass is 16.7. The van der Waals surface area contributed by atoms with Crippen molar-refractivity contribution in [1.82, 2.24) is 0 Å². The highest BCUT2D eigenvalue weighted by Gasteiger charge is 2.21. The Morgan fingerprint density at radius 1 is 1.14 bits per heavy atom. The van der Waals surface area contributed by atoms with E-state index in [4.69, 9.17) is 14.2 Å². The maximum Gasteiger partial charge on any atom is 0.231 e. The van der Waals surface area contributed by atoms with Crippen molar-refractivity contribution in [3.05, 3.63) is 23.3 Å². The molecule has 1 aromatic carbocycles. The second-order valence-electron chi connectivity index (χ2n) is 3.80. The number of ether oxygens (including phenoxy) is 3. The highest BCUT2D eigenvalue weighted by molar-refractivity contribution is 5.49. The summed E-state index contributed by atoms with van der Waals surface area (Å²) in [5, 5.41) is 0. The van der Waals surface area contributed by atoms with Gasteiger partial charge in [0.15, 0.2) is 11.5 Å². The largest absolute Gasteiger partial charge is 0.454 e. The molecule has 2 heterocycles. The Hall–Kier alpha value is -1.22. The van der Waals surface area contributed by atoms with Gasteiger partial charge >= 0.3 is 0 Å². The molecule has 14 heavy (non-hydrogen) atoms. The first-order valence-electron chi connectivity index (χ1n) is 4.86. The molecule has 2 aliphatic rings. The fraction of sp³-hybridized carbons (Fsp3) is 0.455. The van der Waals surface area contributed by atoms with E-state index in [-0.39, 0.29) is 0 Å².